The average Bonchev–Trinajstić information content (AvgIpc) is 2.28. The van der Waals surface area contributed by atoms with Gasteiger partial charge in [-0.25, -0.2) is 0 Å². The summed E-state index contributed by atoms with van der Waals surface area (Å²) in [6, 6.07) is 9.36. The zero-order chi connectivity index (χ0) is 12.1. The van der Waals surface area contributed by atoms with Gasteiger partial charge in [-0.1, -0.05) is 48.0 Å². The van der Waals surface area contributed by atoms with Gasteiger partial charge in [0.25, 0.3) is 0 Å². The third kappa shape index (κ3) is 4.00. The van der Waals surface area contributed by atoms with Crippen LogP contribution in [0.5, 0.6) is 0 Å². The largest absolute Gasteiger partial charge is 0.392 e. The summed E-state index contributed by atoms with van der Waals surface area (Å²) in [6.45, 7) is 3.82. The van der Waals surface area contributed by atoms with Gasteiger partial charge < -0.3 is 5.11 Å². The van der Waals surface area contributed by atoms with Gasteiger partial charge in [-0.15, -0.1) is 0 Å². The van der Waals surface area contributed by atoms with Gasteiger partial charge in [-0.3, -0.25) is 4.21 Å². The van der Waals surface area contributed by atoms with Crippen LogP contribution in [-0.4, -0.2) is 26.0 Å². The molecule has 4 atom stereocenters. The minimum absolute atomic E-state index is 0.00964. The highest BCUT2D eigenvalue weighted by Crippen LogP contribution is 2.17. The molecule has 4 heteroatoms. The molecule has 90 valence electrons. The number of aliphatic hydroxyl groups excluding tert-OH is 1. The summed E-state index contributed by atoms with van der Waals surface area (Å²) >= 11 is 3.34. The zero-order valence-corrected chi connectivity index (χ0v) is 11.9. The Hall–Kier alpha value is -0.190. The van der Waals surface area contributed by atoms with Gasteiger partial charge in [0.1, 0.15) is 0 Å². The summed E-state index contributed by atoms with van der Waals surface area (Å²) in [6.07, 6.45) is -0.465. The fourth-order valence-electron chi connectivity index (χ4n) is 1.46. The van der Waals surface area contributed by atoms with Crippen LogP contribution < -0.4 is 0 Å². The lowest BCUT2D eigenvalue weighted by atomic mass is 10.1. The summed E-state index contributed by atoms with van der Waals surface area (Å²) in [7, 11) is -1.03. The lowest BCUT2D eigenvalue weighted by molar-refractivity contribution is 0.130. The van der Waals surface area contributed by atoms with Crippen molar-refractivity contribution in [2.45, 2.75) is 29.7 Å². The number of halogens is 1. The maximum absolute atomic E-state index is 12.0. The van der Waals surface area contributed by atoms with Crippen LogP contribution in [0.25, 0.3) is 0 Å². The number of alkyl halides is 1. The van der Waals surface area contributed by atoms with E-state index in [2.05, 4.69) is 15.9 Å². The standard InChI is InChI=1S/C12H17BrO2S/c1-9(12(14)10(2)13)8-16(15)11-6-4-3-5-7-11/h3-7,9-10,12,14H,8H2,1-2H3/t9-,10-,12-,16?/m1/s1. The van der Waals surface area contributed by atoms with Gasteiger partial charge in [0, 0.05) is 15.5 Å². The van der Waals surface area contributed by atoms with Gasteiger partial charge in [-0.05, 0) is 18.1 Å². The molecule has 0 saturated heterocycles. The molecule has 0 radical (unpaired) electrons. The minimum atomic E-state index is -1.03. The van der Waals surface area contributed by atoms with Crippen LogP contribution in [0, 0.1) is 5.92 Å². The smallest absolute Gasteiger partial charge is 0.0696 e. The molecule has 1 rings (SSSR count). The van der Waals surface area contributed by atoms with E-state index in [1.807, 2.05) is 44.2 Å². The van der Waals surface area contributed by atoms with Crippen LogP contribution in [0.15, 0.2) is 35.2 Å². The van der Waals surface area contributed by atoms with Crippen molar-refractivity contribution in [3.63, 3.8) is 0 Å². The number of aliphatic hydroxyl groups is 1. The number of benzene rings is 1. The van der Waals surface area contributed by atoms with Crippen molar-refractivity contribution in [2.24, 2.45) is 5.92 Å². The van der Waals surface area contributed by atoms with Crippen molar-refractivity contribution in [3.8, 4) is 0 Å². The van der Waals surface area contributed by atoms with E-state index in [9.17, 15) is 9.32 Å². The Morgan fingerprint density at radius 1 is 1.31 bits per heavy atom. The molecule has 1 unspecified atom stereocenters. The third-order valence-corrected chi connectivity index (χ3v) is 4.64. The van der Waals surface area contributed by atoms with E-state index in [1.165, 1.54) is 0 Å². The summed E-state index contributed by atoms with van der Waals surface area (Å²) in [5.41, 5.74) is 0. The van der Waals surface area contributed by atoms with Gasteiger partial charge in [0.05, 0.1) is 16.9 Å². The first-order chi connectivity index (χ1) is 7.52. The molecule has 0 aliphatic carbocycles. The van der Waals surface area contributed by atoms with Crippen molar-refractivity contribution in [1.82, 2.24) is 0 Å². The van der Waals surface area contributed by atoms with Crippen LogP contribution in [0.4, 0.5) is 0 Å². The first-order valence-corrected chi connectivity index (χ1v) is 7.51. The van der Waals surface area contributed by atoms with Crippen molar-refractivity contribution in [2.75, 3.05) is 5.75 Å². The van der Waals surface area contributed by atoms with Gasteiger partial charge in [0.15, 0.2) is 0 Å². The fraction of sp³-hybridized carbons (Fsp3) is 0.500. The molecule has 0 saturated carbocycles. The maximum Gasteiger partial charge on any atom is 0.0696 e. The van der Waals surface area contributed by atoms with Crippen molar-refractivity contribution < 1.29 is 9.32 Å². The first-order valence-electron chi connectivity index (χ1n) is 5.28. The van der Waals surface area contributed by atoms with Gasteiger partial charge >= 0.3 is 0 Å². The third-order valence-electron chi connectivity index (χ3n) is 2.47. The Labute approximate surface area is 108 Å². The van der Waals surface area contributed by atoms with E-state index in [0.717, 1.165) is 4.90 Å². The molecule has 1 aromatic rings. The molecule has 1 aromatic carbocycles. The van der Waals surface area contributed by atoms with Crippen molar-refractivity contribution in [3.05, 3.63) is 30.3 Å². The predicted octanol–water partition coefficient (Wildman–Crippen LogP) is 2.57. The molecule has 0 fully saturated rings. The van der Waals surface area contributed by atoms with Crippen LogP contribution in [0.2, 0.25) is 0 Å². The molecule has 0 aromatic heterocycles. The lowest BCUT2D eigenvalue weighted by Gasteiger charge is -2.20. The molecule has 0 bridgehead atoms. The predicted molar refractivity (Wildman–Crippen MR) is 71.3 cm³/mol. The number of rotatable bonds is 5. The van der Waals surface area contributed by atoms with Crippen molar-refractivity contribution >= 4 is 26.7 Å². The van der Waals surface area contributed by atoms with Crippen LogP contribution in [0.3, 0.4) is 0 Å². The van der Waals surface area contributed by atoms with Crippen LogP contribution in [0.1, 0.15) is 13.8 Å². The molecule has 0 aliphatic rings. The van der Waals surface area contributed by atoms with E-state index in [4.69, 9.17) is 0 Å². The van der Waals surface area contributed by atoms with E-state index >= 15 is 0 Å². The molecular formula is C12H17BrO2S. The Balaban J connectivity index is 2.59. The molecule has 2 nitrogen and oxygen atoms in total. The quantitative estimate of drug-likeness (QED) is 0.849. The molecular weight excluding hydrogens is 288 g/mol. The summed E-state index contributed by atoms with van der Waals surface area (Å²) in [5, 5.41) is 9.81. The average molecular weight is 305 g/mol. The minimum Gasteiger partial charge on any atom is -0.392 e. The Morgan fingerprint density at radius 3 is 2.38 bits per heavy atom. The second-order valence-electron chi connectivity index (χ2n) is 3.97. The van der Waals surface area contributed by atoms with Crippen molar-refractivity contribution in [1.29, 1.82) is 0 Å². The summed E-state index contributed by atoms with van der Waals surface area (Å²) in [4.78, 5) is 0.846. The Kier molecular flexibility index (Phi) is 5.66. The van der Waals surface area contributed by atoms with E-state index in [0.29, 0.717) is 5.75 Å². The highest BCUT2D eigenvalue weighted by atomic mass is 79.9. The van der Waals surface area contributed by atoms with E-state index < -0.39 is 16.9 Å². The summed E-state index contributed by atoms with van der Waals surface area (Å²) in [5.74, 6) is 0.497. The van der Waals surface area contributed by atoms with E-state index in [1.54, 1.807) is 0 Å². The Bertz CT molecular complexity index is 340. The molecule has 16 heavy (non-hydrogen) atoms. The second kappa shape index (κ2) is 6.52. The van der Waals surface area contributed by atoms with Gasteiger partial charge in [0.2, 0.25) is 0 Å². The molecule has 1 N–H and O–H groups in total. The summed E-state index contributed by atoms with van der Waals surface area (Å²) < 4.78 is 12.0. The lowest BCUT2D eigenvalue weighted by Crippen LogP contribution is -2.29. The molecule has 0 heterocycles. The first kappa shape index (κ1) is 13.9. The molecule has 0 spiro atoms. The van der Waals surface area contributed by atoms with Crippen LogP contribution >= 0.6 is 15.9 Å². The topological polar surface area (TPSA) is 37.3 Å². The Morgan fingerprint density at radius 2 is 1.88 bits per heavy atom. The molecule has 0 aliphatic heterocycles. The van der Waals surface area contributed by atoms with E-state index in [-0.39, 0.29) is 10.7 Å². The number of hydrogen-bond donors (Lipinski definition) is 1. The highest BCUT2D eigenvalue weighted by Gasteiger charge is 2.21. The van der Waals surface area contributed by atoms with Gasteiger partial charge in [-0.2, -0.15) is 0 Å². The monoisotopic (exact) mass is 304 g/mol. The molecule has 0 amide bonds. The fourth-order valence-corrected chi connectivity index (χ4v) is 3.31. The maximum atomic E-state index is 12.0. The SMILES string of the molecule is C[C@H](CS(=O)c1ccccc1)[C@@H](O)[C@@H](C)Br. The zero-order valence-electron chi connectivity index (χ0n) is 9.47. The second-order valence-corrected chi connectivity index (χ2v) is 6.91. The van der Waals surface area contributed by atoms with Crippen LogP contribution in [-0.2, 0) is 10.8 Å². The normalized spacial score (nSPS) is 18.8. The highest BCUT2D eigenvalue weighted by molar-refractivity contribution is 9.09. The number of hydrogen-bond acceptors (Lipinski definition) is 2.